The highest BCUT2D eigenvalue weighted by Crippen LogP contribution is 2.27. The van der Waals surface area contributed by atoms with Crippen molar-refractivity contribution in [2.24, 2.45) is 0 Å². The van der Waals surface area contributed by atoms with Gasteiger partial charge in [-0.1, -0.05) is 24.6 Å². The number of carbonyl (C=O) groups excluding carboxylic acids is 1. The normalized spacial score (nSPS) is 10.5. The SMILES string of the molecule is CCc1ccc(C(=O)c2ccc(SC)c(Cl)c2)nc1OC. The third-order valence-corrected chi connectivity index (χ3v) is 4.38. The number of methoxy groups -OCH3 is 1. The van der Waals surface area contributed by atoms with Crippen molar-refractivity contribution in [2.45, 2.75) is 18.2 Å². The summed E-state index contributed by atoms with van der Waals surface area (Å²) in [4.78, 5) is 17.7. The van der Waals surface area contributed by atoms with Crippen LogP contribution in [0.1, 0.15) is 28.5 Å². The molecule has 0 aliphatic rings. The van der Waals surface area contributed by atoms with Crippen LogP contribution in [0.3, 0.4) is 0 Å². The molecule has 2 rings (SSSR count). The Morgan fingerprint density at radius 2 is 2.10 bits per heavy atom. The second kappa shape index (κ2) is 6.96. The Hall–Kier alpha value is -1.52. The lowest BCUT2D eigenvalue weighted by atomic mass is 10.1. The number of nitrogens with zero attached hydrogens (tertiary/aromatic N) is 1. The lowest BCUT2D eigenvalue weighted by Gasteiger charge is -2.08. The van der Waals surface area contributed by atoms with Crippen LogP contribution in [0.4, 0.5) is 0 Å². The van der Waals surface area contributed by atoms with E-state index in [2.05, 4.69) is 4.98 Å². The van der Waals surface area contributed by atoms with E-state index in [4.69, 9.17) is 16.3 Å². The smallest absolute Gasteiger partial charge is 0.216 e. The van der Waals surface area contributed by atoms with Crippen molar-refractivity contribution in [3.63, 3.8) is 0 Å². The molecule has 1 aromatic heterocycles. The molecule has 0 unspecified atom stereocenters. The fourth-order valence-electron chi connectivity index (χ4n) is 2.00. The fraction of sp³-hybridized carbons (Fsp3) is 0.250. The molecular formula is C16H16ClNO2S. The second-order valence-corrected chi connectivity index (χ2v) is 5.65. The van der Waals surface area contributed by atoms with E-state index in [-0.39, 0.29) is 5.78 Å². The van der Waals surface area contributed by atoms with Crippen molar-refractivity contribution in [3.05, 3.63) is 52.2 Å². The van der Waals surface area contributed by atoms with E-state index in [1.54, 1.807) is 37.1 Å². The molecule has 0 fully saturated rings. The number of halogens is 1. The minimum atomic E-state index is -0.162. The van der Waals surface area contributed by atoms with Gasteiger partial charge in [-0.15, -0.1) is 11.8 Å². The first-order valence-corrected chi connectivity index (χ1v) is 8.13. The van der Waals surface area contributed by atoms with Gasteiger partial charge < -0.3 is 4.74 Å². The van der Waals surface area contributed by atoms with E-state index in [9.17, 15) is 4.79 Å². The van der Waals surface area contributed by atoms with E-state index in [0.29, 0.717) is 22.2 Å². The number of ether oxygens (including phenoxy) is 1. The number of pyridine rings is 1. The Labute approximate surface area is 133 Å². The van der Waals surface area contributed by atoms with Crippen LogP contribution in [-0.4, -0.2) is 24.1 Å². The Morgan fingerprint density at radius 3 is 2.67 bits per heavy atom. The molecule has 1 heterocycles. The maximum Gasteiger partial charge on any atom is 0.216 e. The molecule has 5 heteroatoms. The Kier molecular flexibility index (Phi) is 5.26. The van der Waals surface area contributed by atoms with Crippen molar-refractivity contribution >= 4 is 29.1 Å². The predicted octanol–water partition coefficient (Wildman–Crippen LogP) is 4.26. The van der Waals surface area contributed by atoms with Crippen molar-refractivity contribution < 1.29 is 9.53 Å². The lowest BCUT2D eigenvalue weighted by Crippen LogP contribution is -2.06. The van der Waals surface area contributed by atoms with Crippen molar-refractivity contribution in [3.8, 4) is 5.88 Å². The van der Waals surface area contributed by atoms with Crippen LogP contribution in [0.2, 0.25) is 5.02 Å². The number of hydrogen-bond acceptors (Lipinski definition) is 4. The molecule has 110 valence electrons. The predicted molar refractivity (Wildman–Crippen MR) is 86.8 cm³/mol. The van der Waals surface area contributed by atoms with Crippen LogP contribution < -0.4 is 4.74 Å². The Morgan fingerprint density at radius 1 is 1.33 bits per heavy atom. The van der Waals surface area contributed by atoms with E-state index in [1.807, 2.05) is 25.3 Å². The quantitative estimate of drug-likeness (QED) is 0.609. The maximum atomic E-state index is 12.5. The number of hydrogen-bond donors (Lipinski definition) is 0. The molecule has 0 aliphatic carbocycles. The number of aryl methyl sites for hydroxylation is 1. The third kappa shape index (κ3) is 3.39. The summed E-state index contributed by atoms with van der Waals surface area (Å²) in [6.45, 7) is 2.02. The Balaban J connectivity index is 2.38. The van der Waals surface area contributed by atoms with Gasteiger partial charge in [-0.05, 0) is 36.9 Å². The average Bonchev–Trinajstić information content (AvgIpc) is 2.53. The molecule has 0 atom stereocenters. The van der Waals surface area contributed by atoms with Gasteiger partial charge in [-0.25, -0.2) is 4.98 Å². The number of ketones is 1. The van der Waals surface area contributed by atoms with Gasteiger partial charge in [0.05, 0.1) is 12.1 Å². The first kappa shape index (κ1) is 15.9. The van der Waals surface area contributed by atoms with E-state index < -0.39 is 0 Å². The van der Waals surface area contributed by atoms with Gasteiger partial charge in [0.2, 0.25) is 11.7 Å². The molecule has 0 radical (unpaired) electrons. The third-order valence-electron chi connectivity index (χ3n) is 3.16. The molecule has 0 saturated heterocycles. The van der Waals surface area contributed by atoms with Gasteiger partial charge >= 0.3 is 0 Å². The first-order chi connectivity index (χ1) is 10.1. The van der Waals surface area contributed by atoms with Crippen molar-refractivity contribution in [1.29, 1.82) is 0 Å². The molecule has 0 saturated carbocycles. The van der Waals surface area contributed by atoms with Crippen LogP contribution >= 0.6 is 23.4 Å². The van der Waals surface area contributed by atoms with Gasteiger partial charge in [-0.3, -0.25) is 4.79 Å². The molecule has 0 amide bonds. The maximum absolute atomic E-state index is 12.5. The summed E-state index contributed by atoms with van der Waals surface area (Å²) in [5.74, 6) is 0.334. The molecule has 0 N–H and O–H groups in total. The van der Waals surface area contributed by atoms with Crippen LogP contribution in [0, 0.1) is 0 Å². The number of thioether (sulfide) groups is 1. The van der Waals surface area contributed by atoms with Gasteiger partial charge in [0.15, 0.2) is 0 Å². The van der Waals surface area contributed by atoms with E-state index in [1.165, 1.54) is 0 Å². The number of rotatable bonds is 5. The molecule has 3 nitrogen and oxygen atoms in total. The topological polar surface area (TPSA) is 39.2 Å². The summed E-state index contributed by atoms with van der Waals surface area (Å²) in [6, 6.07) is 8.88. The Bertz CT molecular complexity index is 673. The molecule has 0 aliphatic heterocycles. The zero-order valence-corrected chi connectivity index (χ0v) is 13.7. The highest BCUT2D eigenvalue weighted by atomic mass is 35.5. The molecular weight excluding hydrogens is 306 g/mol. The summed E-state index contributed by atoms with van der Waals surface area (Å²) in [7, 11) is 1.56. The summed E-state index contributed by atoms with van der Waals surface area (Å²) in [6.07, 6.45) is 2.75. The molecule has 0 spiro atoms. The van der Waals surface area contributed by atoms with Crippen LogP contribution in [0.5, 0.6) is 5.88 Å². The summed E-state index contributed by atoms with van der Waals surface area (Å²) < 4.78 is 5.23. The number of benzene rings is 1. The highest BCUT2D eigenvalue weighted by Gasteiger charge is 2.15. The highest BCUT2D eigenvalue weighted by molar-refractivity contribution is 7.98. The minimum absolute atomic E-state index is 0.162. The summed E-state index contributed by atoms with van der Waals surface area (Å²) in [5.41, 5.74) is 1.86. The van der Waals surface area contributed by atoms with E-state index >= 15 is 0 Å². The van der Waals surface area contributed by atoms with Gasteiger partial charge in [0, 0.05) is 16.0 Å². The minimum Gasteiger partial charge on any atom is -0.481 e. The van der Waals surface area contributed by atoms with Gasteiger partial charge in [0.25, 0.3) is 0 Å². The standard InChI is InChI=1S/C16H16ClNO2S/c1-4-10-5-7-13(18-16(10)20-2)15(19)11-6-8-14(21-3)12(17)9-11/h5-9H,4H2,1-3H3. The fourth-order valence-corrected chi connectivity index (χ4v) is 2.87. The lowest BCUT2D eigenvalue weighted by molar-refractivity contribution is 0.103. The molecule has 1 aromatic carbocycles. The zero-order valence-electron chi connectivity index (χ0n) is 12.1. The molecule has 0 bridgehead atoms. The largest absolute Gasteiger partial charge is 0.481 e. The molecule has 2 aromatic rings. The zero-order chi connectivity index (χ0) is 15.4. The van der Waals surface area contributed by atoms with Crippen LogP contribution in [0.15, 0.2) is 35.2 Å². The monoisotopic (exact) mass is 321 g/mol. The van der Waals surface area contributed by atoms with Crippen molar-refractivity contribution in [2.75, 3.05) is 13.4 Å². The number of aromatic nitrogens is 1. The van der Waals surface area contributed by atoms with Crippen molar-refractivity contribution in [1.82, 2.24) is 4.98 Å². The molecule has 21 heavy (non-hydrogen) atoms. The van der Waals surface area contributed by atoms with Gasteiger partial charge in [-0.2, -0.15) is 0 Å². The van der Waals surface area contributed by atoms with E-state index in [0.717, 1.165) is 16.9 Å². The van der Waals surface area contributed by atoms with Crippen LogP contribution in [-0.2, 0) is 6.42 Å². The summed E-state index contributed by atoms with van der Waals surface area (Å²) >= 11 is 7.69. The van der Waals surface area contributed by atoms with Crippen LogP contribution in [0.25, 0.3) is 0 Å². The average molecular weight is 322 g/mol. The number of carbonyl (C=O) groups is 1. The second-order valence-electron chi connectivity index (χ2n) is 4.40. The summed E-state index contributed by atoms with van der Waals surface area (Å²) in [5, 5.41) is 0.575. The van der Waals surface area contributed by atoms with Gasteiger partial charge in [0.1, 0.15) is 5.69 Å². The first-order valence-electron chi connectivity index (χ1n) is 6.52.